The maximum Gasteiger partial charge on any atom is 0.416 e. The van der Waals surface area contributed by atoms with Crippen molar-refractivity contribution >= 4 is 5.97 Å². The Morgan fingerprint density at radius 1 is 1.00 bits per heavy atom. The van der Waals surface area contributed by atoms with Crippen LogP contribution in [0.1, 0.15) is 23.6 Å². The predicted octanol–water partition coefficient (Wildman–Crippen LogP) is 4.42. The van der Waals surface area contributed by atoms with Gasteiger partial charge in [0.2, 0.25) is 0 Å². The molecule has 0 amide bonds. The van der Waals surface area contributed by atoms with Crippen molar-refractivity contribution in [2.24, 2.45) is 0 Å². The van der Waals surface area contributed by atoms with Gasteiger partial charge in [-0.25, -0.2) is 0 Å². The number of carbonyl (C=O) groups is 1. The lowest BCUT2D eigenvalue weighted by Crippen LogP contribution is -2.18. The van der Waals surface area contributed by atoms with Crippen molar-refractivity contribution in [1.29, 1.82) is 0 Å². The average molecular weight is 322 g/mol. The molecule has 2 aromatic rings. The Labute approximate surface area is 132 Å². The molecule has 5 heteroatoms. The van der Waals surface area contributed by atoms with Crippen molar-refractivity contribution in [2.75, 3.05) is 0 Å². The first-order valence-corrected chi connectivity index (χ1v) is 7.24. The van der Waals surface area contributed by atoms with Gasteiger partial charge >= 0.3 is 12.1 Å². The van der Waals surface area contributed by atoms with E-state index in [-0.39, 0.29) is 12.5 Å². The maximum atomic E-state index is 12.5. The van der Waals surface area contributed by atoms with Gasteiger partial charge in [0.05, 0.1) is 12.0 Å². The summed E-state index contributed by atoms with van der Waals surface area (Å²) in [5, 5.41) is 0. The number of ether oxygens (including phenoxy) is 1. The highest BCUT2D eigenvalue weighted by atomic mass is 19.4. The minimum Gasteiger partial charge on any atom is -0.462 e. The van der Waals surface area contributed by atoms with E-state index in [9.17, 15) is 18.0 Å². The molecule has 2 rings (SSSR count). The van der Waals surface area contributed by atoms with E-state index in [1.165, 1.54) is 12.1 Å². The summed E-state index contributed by atoms with van der Waals surface area (Å²) >= 11 is 0. The van der Waals surface area contributed by atoms with Gasteiger partial charge in [-0.15, -0.1) is 0 Å². The first-order chi connectivity index (χ1) is 10.8. The lowest BCUT2D eigenvalue weighted by atomic mass is 10.1. The van der Waals surface area contributed by atoms with Crippen LogP contribution in [0.2, 0.25) is 0 Å². The SMILES string of the molecule is CC(Cc1ccccc1)OC(=O)Cc1ccc(C(F)(F)F)cc1. The monoisotopic (exact) mass is 322 g/mol. The Kier molecular flexibility index (Phi) is 5.42. The predicted molar refractivity (Wildman–Crippen MR) is 80.8 cm³/mol. The molecule has 0 radical (unpaired) electrons. The molecule has 122 valence electrons. The summed E-state index contributed by atoms with van der Waals surface area (Å²) in [6.45, 7) is 1.79. The minimum atomic E-state index is -4.37. The van der Waals surface area contributed by atoms with Gasteiger partial charge < -0.3 is 4.74 Å². The van der Waals surface area contributed by atoms with Crippen molar-refractivity contribution in [3.8, 4) is 0 Å². The Hall–Kier alpha value is -2.30. The van der Waals surface area contributed by atoms with Gasteiger partial charge in [0.1, 0.15) is 6.10 Å². The number of carbonyl (C=O) groups excluding carboxylic acids is 1. The molecular weight excluding hydrogens is 305 g/mol. The number of esters is 1. The third-order valence-electron chi connectivity index (χ3n) is 3.33. The van der Waals surface area contributed by atoms with E-state index in [1.807, 2.05) is 30.3 Å². The molecular formula is C18H17F3O2. The molecule has 0 spiro atoms. The summed E-state index contributed by atoms with van der Waals surface area (Å²) in [5.41, 5.74) is 0.823. The molecule has 2 aromatic carbocycles. The van der Waals surface area contributed by atoms with Gasteiger partial charge in [-0.3, -0.25) is 4.79 Å². The van der Waals surface area contributed by atoms with Gasteiger partial charge in [-0.2, -0.15) is 13.2 Å². The molecule has 0 N–H and O–H groups in total. The summed E-state index contributed by atoms with van der Waals surface area (Å²) < 4.78 is 42.7. The summed E-state index contributed by atoms with van der Waals surface area (Å²) in [6.07, 6.45) is -4.11. The lowest BCUT2D eigenvalue weighted by Gasteiger charge is -2.13. The fraction of sp³-hybridized carbons (Fsp3) is 0.278. The number of hydrogen-bond acceptors (Lipinski definition) is 2. The van der Waals surface area contributed by atoms with Crippen molar-refractivity contribution in [2.45, 2.75) is 32.0 Å². The molecule has 0 heterocycles. The maximum absolute atomic E-state index is 12.5. The summed E-state index contributed by atoms with van der Waals surface area (Å²) in [4.78, 5) is 11.9. The average Bonchev–Trinajstić information content (AvgIpc) is 2.47. The number of halogens is 3. The molecule has 0 aromatic heterocycles. The largest absolute Gasteiger partial charge is 0.462 e. The second-order valence-corrected chi connectivity index (χ2v) is 5.36. The molecule has 0 aliphatic carbocycles. The van der Waals surface area contributed by atoms with Crippen molar-refractivity contribution in [3.63, 3.8) is 0 Å². The first kappa shape index (κ1) is 17.1. The second kappa shape index (κ2) is 7.31. The van der Waals surface area contributed by atoms with Crippen LogP contribution < -0.4 is 0 Å². The van der Waals surface area contributed by atoms with Gasteiger partial charge in [0.15, 0.2) is 0 Å². The fourth-order valence-electron chi connectivity index (χ4n) is 2.23. The van der Waals surface area contributed by atoms with E-state index in [4.69, 9.17) is 4.74 Å². The smallest absolute Gasteiger partial charge is 0.416 e. The third-order valence-corrected chi connectivity index (χ3v) is 3.33. The number of hydrogen-bond donors (Lipinski definition) is 0. The Morgan fingerprint density at radius 3 is 2.17 bits per heavy atom. The molecule has 0 fully saturated rings. The fourth-order valence-corrected chi connectivity index (χ4v) is 2.23. The van der Waals surface area contributed by atoms with Crippen LogP contribution >= 0.6 is 0 Å². The van der Waals surface area contributed by atoms with Crippen LogP contribution in [0, 0.1) is 0 Å². The van der Waals surface area contributed by atoms with E-state index in [1.54, 1.807) is 6.92 Å². The third kappa shape index (κ3) is 5.43. The Bertz CT molecular complexity index is 634. The Balaban J connectivity index is 1.87. The molecule has 2 nitrogen and oxygen atoms in total. The molecule has 1 unspecified atom stereocenters. The quantitative estimate of drug-likeness (QED) is 0.762. The minimum absolute atomic E-state index is 0.0444. The van der Waals surface area contributed by atoms with Crippen LogP contribution in [0.25, 0.3) is 0 Å². The Morgan fingerprint density at radius 2 is 1.61 bits per heavy atom. The molecule has 1 atom stereocenters. The molecule has 0 saturated carbocycles. The first-order valence-electron chi connectivity index (χ1n) is 7.24. The summed E-state index contributed by atoms with van der Waals surface area (Å²) in [5.74, 6) is -0.451. The topological polar surface area (TPSA) is 26.3 Å². The highest BCUT2D eigenvalue weighted by Crippen LogP contribution is 2.29. The van der Waals surface area contributed by atoms with Crippen LogP contribution in [-0.2, 0) is 28.5 Å². The number of alkyl halides is 3. The second-order valence-electron chi connectivity index (χ2n) is 5.36. The highest BCUT2D eigenvalue weighted by Gasteiger charge is 2.30. The number of rotatable bonds is 5. The van der Waals surface area contributed by atoms with Gasteiger partial charge in [-0.1, -0.05) is 42.5 Å². The number of benzene rings is 2. The zero-order valence-corrected chi connectivity index (χ0v) is 12.6. The van der Waals surface area contributed by atoms with Crippen LogP contribution in [0.4, 0.5) is 13.2 Å². The van der Waals surface area contributed by atoms with E-state index in [0.717, 1.165) is 17.7 Å². The van der Waals surface area contributed by atoms with Gasteiger partial charge in [0, 0.05) is 6.42 Å². The van der Waals surface area contributed by atoms with Crippen molar-refractivity contribution in [3.05, 3.63) is 71.3 Å². The lowest BCUT2D eigenvalue weighted by molar-refractivity contribution is -0.147. The van der Waals surface area contributed by atoms with Crippen LogP contribution in [0.5, 0.6) is 0 Å². The van der Waals surface area contributed by atoms with E-state index in [0.29, 0.717) is 12.0 Å². The molecule has 0 aliphatic heterocycles. The molecule has 0 saturated heterocycles. The van der Waals surface area contributed by atoms with Gasteiger partial charge in [0.25, 0.3) is 0 Å². The molecule has 23 heavy (non-hydrogen) atoms. The van der Waals surface area contributed by atoms with Crippen LogP contribution in [-0.4, -0.2) is 12.1 Å². The molecule has 0 aliphatic rings. The van der Waals surface area contributed by atoms with Crippen LogP contribution in [0.15, 0.2) is 54.6 Å². The zero-order valence-electron chi connectivity index (χ0n) is 12.6. The van der Waals surface area contributed by atoms with Crippen LogP contribution in [0.3, 0.4) is 0 Å². The standard InChI is InChI=1S/C18H17F3O2/c1-13(11-14-5-3-2-4-6-14)23-17(22)12-15-7-9-16(10-8-15)18(19,20)21/h2-10,13H,11-12H2,1H3. The van der Waals surface area contributed by atoms with E-state index in [2.05, 4.69) is 0 Å². The molecule has 0 bridgehead atoms. The highest BCUT2D eigenvalue weighted by molar-refractivity contribution is 5.72. The zero-order chi connectivity index (χ0) is 16.9. The normalized spacial score (nSPS) is 12.7. The van der Waals surface area contributed by atoms with Crippen molar-refractivity contribution < 1.29 is 22.7 Å². The summed E-state index contributed by atoms with van der Waals surface area (Å²) in [6, 6.07) is 14.1. The summed E-state index contributed by atoms with van der Waals surface area (Å²) in [7, 11) is 0. The van der Waals surface area contributed by atoms with E-state index >= 15 is 0 Å². The van der Waals surface area contributed by atoms with Crippen molar-refractivity contribution in [1.82, 2.24) is 0 Å². The van der Waals surface area contributed by atoms with E-state index < -0.39 is 17.7 Å². The van der Waals surface area contributed by atoms with Gasteiger partial charge in [-0.05, 0) is 30.2 Å².